The van der Waals surface area contributed by atoms with Crippen LogP contribution in [0.15, 0.2) is 101 Å². The third-order valence-electron chi connectivity index (χ3n) is 4.68. The Bertz CT molecular complexity index is 1320. The van der Waals surface area contributed by atoms with Gasteiger partial charge in [-0.3, -0.25) is 4.79 Å². The Balaban J connectivity index is 1.26. The average molecular weight is 503 g/mol. The largest absolute Gasteiger partial charge is 0.484 e. The predicted octanol–water partition coefficient (Wildman–Crippen LogP) is 5.35. The maximum atomic E-state index is 12.3. The number of hydrazone groups is 1. The highest BCUT2D eigenvalue weighted by Gasteiger charge is 2.11. The van der Waals surface area contributed by atoms with Crippen molar-refractivity contribution in [1.82, 2.24) is 5.43 Å². The Morgan fingerprint density at radius 2 is 1.55 bits per heavy atom. The van der Waals surface area contributed by atoms with Gasteiger partial charge in [0.15, 0.2) is 6.61 Å². The molecule has 4 rings (SSSR count). The van der Waals surface area contributed by atoms with Crippen molar-refractivity contribution in [1.29, 1.82) is 0 Å². The van der Waals surface area contributed by atoms with Crippen molar-refractivity contribution in [2.24, 2.45) is 5.10 Å². The van der Waals surface area contributed by atoms with Gasteiger partial charge >= 0.3 is 5.97 Å². The number of benzene rings is 4. The molecule has 0 atom stereocenters. The lowest BCUT2D eigenvalue weighted by Gasteiger charge is -2.06. The summed E-state index contributed by atoms with van der Waals surface area (Å²) in [6.07, 6.45) is 1.49. The second kappa shape index (κ2) is 10.6. The molecule has 0 aliphatic carbocycles. The second-order valence-electron chi connectivity index (χ2n) is 7.03. The molecule has 0 bridgehead atoms. The zero-order valence-electron chi connectivity index (χ0n) is 17.4. The summed E-state index contributed by atoms with van der Waals surface area (Å²) in [5.74, 6) is 0.183. The third kappa shape index (κ3) is 6.05. The zero-order chi connectivity index (χ0) is 23.0. The van der Waals surface area contributed by atoms with Crippen molar-refractivity contribution in [3.8, 4) is 11.5 Å². The molecule has 0 fully saturated rings. The standard InChI is InChI=1S/C26H19BrN2O4/c27-24-8-4-3-7-23(24)26(31)33-21-12-9-18(10-13-21)16-28-29-25(30)17-32-22-14-11-19-5-1-2-6-20(19)15-22/h1-16H,17H2,(H,29,30). The van der Waals surface area contributed by atoms with E-state index >= 15 is 0 Å². The smallest absolute Gasteiger partial charge is 0.344 e. The molecule has 1 amide bonds. The molecule has 0 unspecified atom stereocenters. The molecule has 0 radical (unpaired) electrons. The van der Waals surface area contributed by atoms with Crippen LogP contribution in [0, 0.1) is 0 Å². The number of ether oxygens (including phenoxy) is 2. The lowest BCUT2D eigenvalue weighted by molar-refractivity contribution is -0.123. The van der Waals surface area contributed by atoms with Crippen molar-refractivity contribution in [2.75, 3.05) is 6.61 Å². The SMILES string of the molecule is O=C(COc1ccc2ccccc2c1)NN=Cc1ccc(OC(=O)c2ccccc2Br)cc1. The molecule has 0 spiro atoms. The summed E-state index contributed by atoms with van der Waals surface area (Å²) in [5, 5.41) is 6.08. The quantitative estimate of drug-likeness (QED) is 0.160. The first-order valence-electron chi connectivity index (χ1n) is 10.1. The number of hydrogen-bond donors (Lipinski definition) is 1. The van der Waals surface area contributed by atoms with Crippen molar-refractivity contribution >= 4 is 44.8 Å². The Morgan fingerprint density at radius 1 is 0.848 bits per heavy atom. The van der Waals surface area contributed by atoms with Gasteiger partial charge in [0.25, 0.3) is 5.91 Å². The molecule has 0 heterocycles. The molecule has 6 nitrogen and oxygen atoms in total. The van der Waals surface area contributed by atoms with Crippen LogP contribution in [0.3, 0.4) is 0 Å². The summed E-state index contributed by atoms with van der Waals surface area (Å²) >= 11 is 3.33. The monoisotopic (exact) mass is 502 g/mol. The van der Waals surface area contributed by atoms with E-state index in [-0.39, 0.29) is 12.5 Å². The number of rotatable bonds is 7. The average Bonchev–Trinajstić information content (AvgIpc) is 2.84. The number of nitrogens with one attached hydrogen (secondary N) is 1. The Labute approximate surface area is 199 Å². The minimum Gasteiger partial charge on any atom is -0.484 e. The summed E-state index contributed by atoms with van der Waals surface area (Å²) < 4.78 is 11.6. The van der Waals surface area contributed by atoms with E-state index in [0.717, 1.165) is 16.3 Å². The fourth-order valence-corrected chi connectivity index (χ4v) is 3.47. The van der Waals surface area contributed by atoms with Gasteiger partial charge in [0.05, 0.1) is 11.8 Å². The molecule has 0 aromatic heterocycles. The number of nitrogens with zero attached hydrogens (tertiary/aromatic N) is 1. The minimum atomic E-state index is -0.456. The number of halogens is 1. The second-order valence-corrected chi connectivity index (χ2v) is 7.88. The van der Waals surface area contributed by atoms with Gasteiger partial charge in [-0.05, 0) is 80.8 Å². The van der Waals surface area contributed by atoms with Crippen LogP contribution in [0.2, 0.25) is 0 Å². The van der Waals surface area contributed by atoms with Gasteiger partial charge in [0, 0.05) is 4.47 Å². The number of hydrogen-bond acceptors (Lipinski definition) is 5. The first-order chi connectivity index (χ1) is 16.1. The third-order valence-corrected chi connectivity index (χ3v) is 5.37. The number of amides is 1. The minimum absolute atomic E-state index is 0.153. The molecular weight excluding hydrogens is 484 g/mol. The van der Waals surface area contributed by atoms with E-state index in [1.807, 2.05) is 48.5 Å². The predicted molar refractivity (Wildman–Crippen MR) is 131 cm³/mol. The molecule has 0 saturated carbocycles. The number of fused-ring (bicyclic) bond motifs is 1. The van der Waals surface area contributed by atoms with E-state index in [0.29, 0.717) is 21.5 Å². The highest BCUT2D eigenvalue weighted by atomic mass is 79.9. The van der Waals surface area contributed by atoms with E-state index in [2.05, 4.69) is 26.5 Å². The molecule has 0 aliphatic rings. The van der Waals surface area contributed by atoms with Gasteiger partial charge in [-0.1, -0.05) is 42.5 Å². The van der Waals surface area contributed by atoms with Gasteiger partial charge in [-0.25, -0.2) is 10.2 Å². The number of carbonyl (C=O) groups excluding carboxylic acids is 2. The maximum Gasteiger partial charge on any atom is 0.344 e. The van der Waals surface area contributed by atoms with Gasteiger partial charge < -0.3 is 9.47 Å². The molecule has 164 valence electrons. The van der Waals surface area contributed by atoms with Crippen LogP contribution in [-0.2, 0) is 4.79 Å². The number of esters is 1. The van der Waals surface area contributed by atoms with Gasteiger partial charge in [-0.2, -0.15) is 5.10 Å². The summed E-state index contributed by atoms with van der Waals surface area (Å²) in [6, 6.07) is 27.4. The Kier molecular flexibility index (Phi) is 7.12. The summed E-state index contributed by atoms with van der Waals surface area (Å²) in [4.78, 5) is 24.3. The van der Waals surface area contributed by atoms with E-state index in [4.69, 9.17) is 9.47 Å². The first-order valence-corrected chi connectivity index (χ1v) is 10.9. The summed E-state index contributed by atoms with van der Waals surface area (Å²) in [6.45, 7) is -0.153. The van der Waals surface area contributed by atoms with Crippen LogP contribution in [0.1, 0.15) is 15.9 Å². The molecule has 4 aromatic carbocycles. The van der Waals surface area contributed by atoms with E-state index in [1.165, 1.54) is 6.21 Å². The topological polar surface area (TPSA) is 77.0 Å². The maximum absolute atomic E-state index is 12.3. The highest BCUT2D eigenvalue weighted by molar-refractivity contribution is 9.10. The van der Waals surface area contributed by atoms with Gasteiger partial charge in [-0.15, -0.1) is 0 Å². The lowest BCUT2D eigenvalue weighted by Crippen LogP contribution is -2.24. The van der Waals surface area contributed by atoms with E-state index in [1.54, 1.807) is 42.5 Å². The van der Waals surface area contributed by atoms with Crippen LogP contribution in [0.4, 0.5) is 0 Å². The normalized spacial score (nSPS) is 10.8. The molecular formula is C26H19BrN2O4. The van der Waals surface area contributed by atoms with E-state index in [9.17, 15) is 9.59 Å². The van der Waals surface area contributed by atoms with Crippen LogP contribution >= 0.6 is 15.9 Å². The van der Waals surface area contributed by atoms with Crippen molar-refractivity contribution < 1.29 is 19.1 Å². The van der Waals surface area contributed by atoms with Crippen LogP contribution in [0.5, 0.6) is 11.5 Å². The molecule has 0 aliphatic heterocycles. The highest BCUT2D eigenvalue weighted by Crippen LogP contribution is 2.21. The molecule has 7 heteroatoms. The fraction of sp³-hybridized carbons (Fsp3) is 0.0385. The fourth-order valence-electron chi connectivity index (χ4n) is 3.03. The van der Waals surface area contributed by atoms with Crippen LogP contribution < -0.4 is 14.9 Å². The van der Waals surface area contributed by atoms with Crippen molar-refractivity contribution in [2.45, 2.75) is 0 Å². The molecule has 4 aromatic rings. The van der Waals surface area contributed by atoms with E-state index < -0.39 is 5.97 Å². The Morgan fingerprint density at radius 3 is 2.33 bits per heavy atom. The van der Waals surface area contributed by atoms with Gasteiger partial charge in [0.1, 0.15) is 11.5 Å². The Hall–Kier alpha value is -3.97. The molecule has 33 heavy (non-hydrogen) atoms. The lowest BCUT2D eigenvalue weighted by atomic mass is 10.1. The molecule has 1 N–H and O–H groups in total. The number of carbonyl (C=O) groups is 2. The first kappa shape index (κ1) is 22.2. The van der Waals surface area contributed by atoms with Crippen LogP contribution in [-0.4, -0.2) is 24.7 Å². The van der Waals surface area contributed by atoms with Crippen molar-refractivity contribution in [3.63, 3.8) is 0 Å². The molecule has 0 saturated heterocycles. The van der Waals surface area contributed by atoms with Gasteiger partial charge in [0.2, 0.25) is 0 Å². The zero-order valence-corrected chi connectivity index (χ0v) is 19.0. The summed E-state index contributed by atoms with van der Waals surface area (Å²) in [7, 11) is 0. The van der Waals surface area contributed by atoms with Crippen LogP contribution in [0.25, 0.3) is 10.8 Å². The van der Waals surface area contributed by atoms with Crippen molar-refractivity contribution in [3.05, 3.63) is 107 Å². The summed E-state index contributed by atoms with van der Waals surface area (Å²) in [5.41, 5.74) is 3.60.